The van der Waals surface area contributed by atoms with E-state index >= 15 is 0 Å². The number of benzene rings is 3. The molecule has 3 aromatic rings. The molecule has 0 aromatic heterocycles. The van der Waals surface area contributed by atoms with Gasteiger partial charge in [-0.1, -0.05) is 54.1 Å². The van der Waals surface area contributed by atoms with E-state index in [9.17, 15) is 14.7 Å². The van der Waals surface area contributed by atoms with Crippen LogP contribution in [0.3, 0.4) is 0 Å². The van der Waals surface area contributed by atoms with Gasteiger partial charge in [-0.05, 0) is 54.4 Å². The Morgan fingerprint density at radius 3 is 2.41 bits per heavy atom. The van der Waals surface area contributed by atoms with Gasteiger partial charge in [0, 0.05) is 17.1 Å². The number of nitrogens with zero attached hydrogens (tertiary/aromatic N) is 1. The number of carbonyl (C=O) groups is 2. The van der Waals surface area contributed by atoms with Crippen molar-refractivity contribution in [2.24, 2.45) is 0 Å². The van der Waals surface area contributed by atoms with Gasteiger partial charge in [0.15, 0.2) is 0 Å². The minimum atomic E-state index is -0.758. The lowest BCUT2D eigenvalue weighted by Gasteiger charge is -2.26. The van der Waals surface area contributed by atoms with Gasteiger partial charge in [0.05, 0.1) is 18.2 Å². The highest BCUT2D eigenvalue weighted by molar-refractivity contribution is 6.46. The third-order valence-corrected chi connectivity index (χ3v) is 5.59. The summed E-state index contributed by atoms with van der Waals surface area (Å²) in [6.07, 6.45) is 0. The fourth-order valence-electron chi connectivity index (χ4n) is 3.87. The van der Waals surface area contributed by atoms with E-state index in [4.69, 9.17) is 16.3 Å². The lowest BCUT2D eigenvalue weighted by molar-refractivity contribution is -0.140. The molecule has 0 radical (unpaired) electrons. The Morgan fingerprint density at radius 2 is 1.72 bits per heavy atom. The molecule has 0 aliphatic carbocycles. The molecular formula is C26H22ClNO4. The van der Waals surface area contributed by atoms with E-state index in [1.165, 1.54) is 4.90 Å². The maximum absolute atomic E-state index is 13.1. The Balaban J connectivity index is 1.86. The van der Waals surface area contributed by atoms with Crippen LogP contribution in [0.25, 0.3) is 5.76 Å². The Hall–Kier alpha value is -3.57. The number of aliphatic hydroxyl groups is 1. The van der Waals surface area contributed by atoms with Crippen LogP contribution < -0.4 is 4.74 Å². The quantitative estimate of drug-likeness (QED) is 0.314. The van der Waals surface area contributed by atoms with Gasteiger partial charge in [0.25, 0.3) is 11.7 Å². The zero-order valence-corrected chi connectivity index (χ0v) is 18.3. The normalized spacial score (nSPS) is 17.6. The van der Waals surface area contributed by atoms with Gasteiger partial charge in [-0.3, -0.25) is 9.59 Å². The minimum absolute atomic E-state index is 0.0434. The Kier molecular flexibility index (Phi) is 6.28. The summed E-state index contributed by atoms with van der Waals surface area (Å²) in [5, 5.41) is 11.6. The van der Waals surface area contributed by atoms with Crippen molar-refractivity contribution < 1.29 is 19.4 Å². The maximum atomic E-state index is 13.1. The fourth-order valence-corrected chi connectivity index (χ4v) is 4.00. The zero-order chi connectivity index (χ0) is 22.7. The SMILES string of the molecule is CCOc1cccc(C2C(=C(O)c3ccc(Cl)cc3)C(=O)C(=O)N2Cc2ccccc2)c1. The van der Waals surface area contributed by atoms with Gasteiger partial charge in [-0.25, -0.2) is 0 Å². The van der Waals surface area contributed by atoms with E-state index in [1.54, 1.807) is 30.3 Å². The van der Waals surface area contributed by atoms with Gasteiger partial charge < -0.3 is 14.7 Å². The highest BCUT2D eigenvalue weighted by Gasteiger charge is 2.46. The number of amides is 1. The number of ether oxygens (including phenoxy) is 1. The first-order valence-corrected chi connectivity index (χ1v) is 10.7. The van der Waals surface area contributed by atoms with Crippen LogP contribution in [-0.2, 0) is 16.1 Å². The minimum Gasteiger partial charge on any atom is -0.507 e. The van der Waals surface area contributed by atoms with E-state index in [2.05, 4.69) is 0 Å². The molecule has 3 aromatic carbocycles. The van der Waals surface area contributed by atoms with E-state index in [1.807, 2.05) is 55.5 Å². The Labute approximate surface area is 191 Å². The van der Waals surface area contributed by atoms with Gasteiger partial charge >= 0.3 is 0 Å². The molecule has 1 atom stereocenters. The van der Waals surface area contributed by atoms with Crippen LogP contribution in [0.2, 0.25) is 5.02 Å². The third-order valence-electron chi connectivity index (χ3n) is 5.34. The predicted molar refractivity (Wildman–Crippen MR) is 123 cm³/mol. The molecule has 4 rings (SSSR count). The molecule has 0 bridgehead atoms. The molecule has 1 fully saturated rings. The summed E-state index contributed by atoms with van der Waals surface area (Å²) >= 11 is 5.97. The van der Waals surface area contributed by atoms with E-state index in [0.717, 1.165) is 5.56 Å². The van der Waals surface area contributed by atoms with Crippen molar-refractivity contribution >= 4 is 29.1 Å². The molecule has 1 amide bonds. The average Bonchev–Trinajstić information content (AvgIpc) is 3.05. The van der Waals surface area contributed by atoms with Crippen molar-refractivity contribution in [3.8, 4) is 5.75 Å². The molecule has 1 unspecified atom stereocenters. The van der Waals surface area contributed by atoms with Crippen LogP contribution >= 0.6 is 11.6 Å². The van der Waals surface area contributed by atoms with Crippen LogP contribution in [0.1, 0.15) is 29.7 Å². The monoisotopic (exact) mass is 447 g/mol. The summed E-state index contributed by atoms with van der Waals surface area (Å²) in [6.45, 7) is 2.60. The molecular weight excluding hydrogens is 426 g/mol. The molecule has 1 heterocycles. The van der Waals surface area contributed by atoms with Crippen LogP contribution in [0.15, 0.2) is 84.4 Å². The second-order valence-corrected chi connectivity index (χ2v) is 7.86. The smallest absolute Gasteiger partial charge is 0.295 e. The highest BCUT2D eigenvalue weighted by Crippen LogP contribution is 2.41. The fraction of sp³-hybridized carbons (Fsp3) is 0.154. The van der Waals surface area contributed by atoms with E-state index < -0.39 is 17.7 Å². The first-order chi connectivity index (χ1) is 15.5. The molecule has 162 valence electrons. The molecule has 32 heavy (non-hydrogen) atoms. The maximum Gasteiger partial charge on any atom is 0.295 e. The number of Topliss-reactive ketones (excluding diaryl/α,β-unsaturated/α-hetero) is 1. The van der Waals surface area contributed by atoms with Crippen molar-refractivity contribution in [1.82, 2.24) is 4.90 Å². The summed E-state index contributed by atoms with van der Waals surface area (Å²) in [4.78, 5) is 27.7. The van der Waals surface area contributed by atoms with Gasteiger partial charge in [-0.15, -0.1) is 0 Å². The lowest BCUT2D eigenvalue weighted by Crippen LogP contribution is -2.29. The number of carbonyl (C=O) groups excluding carboxylic acids is 2. The van der Waals surface area contributed by atoms with Crippen molar-refractivity contribution in [2.45, 2.75) is 19.5 Å². The first-order valence-electron chi connectivity index (χ1n) is 10.3. The van der Waals surface area contributed by atoms with Crippen molar-refractivity contribution in [2.75, 3.05) is 6.61 Å². The number of halogens is 1. The second-order valence-electron chi connectivity index (χ2n) is 7.42. The molecule has 5 nitrogen and oxygen atoms in total. The summed E-state index contributed by atoms with van der Waals surface area (Å²) in [5.41, 5.74) is 2.02. The average molecular weight is 448 g/mol. The molecule has 0 spiro atoms. The van der Waals surface area contributed by atoms with Gasteiger partial charge in [-0.2, -0.15) is 0 Å². The second kappa shape index (κ2) is 9.28. The van der Waals surface area contributed by atoms with Crippen LogP contribution in [0.4, 0.5) is 0 Å². The largest absolute Gasteiger partial charge is 0.507 e. The first kappa shape index (κ1) is 21.7. The highest BCUT2D eigenvalue weighted by atomic mass is 35.5. The van der Waals surface area contributed by atoms with Crippen LogP contribution in [0.5, 0.6) is 5.75 Å². The Morgan fingerprint density at radius 1 is 1.00 bits per heavy atom. The van der Waals surface area contributed by atoms with E-state index in [0.29, 0.717) is 28.5 Å². The lowest BCUT2D eigenvalue weighted by atomic mass is 9.95. The number of ketones is 1. The third kappa shape index (κ3) is 4.25. The van der Waals surface area contributed by atoms with E-state index in [-0.39, 0.29) is 17.9 Å². The van der Waals surface area contributed by atoms with Crippen molar-refractivity contribution in [3.05, 3.63) is 106 Å². The number of rotatable bonds is 6. The summed E-state index contributed by atoms with van der Waals surface area (Å²) in [5.74, 6) is -0.986. The number of hydrogen-bond donors (Lipinski definition) is 1. The van der Waals surface area contributed by atoms with Crippen molar-refractivity contribution in [3.63, 3.8) is 0 Å². The molecule has 1 saturated heterocycles. The van der Waals surface area contributed by atoms with Crippen LogP contribution in [-0.4, -0.2) is 28.3 Å². The van der Waals surface area contributed by atoms with Gasteiger partial charge in [0.2, 0.25) is 0 Å². The molecule has 1 aliphatic heterocycles. The number of likely N-dealkylation sites (tertiary alicyclic amines) is 1. The van der Waals surface area contributed by atoms with Crippen LogP contribution in [0, 0.1) is 0 Å². The topological polar surface area (TPSA) is 66.8 Å². The zero-order valence-electron chi connectivity index (χ0n) is 17.5. The molecule has 6 heteroatoms. The molecule has 1 aliphatic rings. The number of aliphatic hydroxyl groups excluding tert-OH is 1. The number of hydrogen-bond acceptors (Lipinski definition) is 4. The molecule has 1 N–H and O–H groups in total. The van der Waals surface area contributed by atoms with Gasteiger partial charge in [0.1, 0.15) is 11.5 Å². The molecule has 0 saturated carbocycles. The summed E-state index contributed by atoms with van der Waals surface area (Å²) < 4.78 is 5.63. The standard InChI is InChI=1S/C26H22ClNO4/c1-2-32-21-10-6-9-19(15-21)23-22(24(29)18-11-13-20(27)14-12-18)25(30)26(31)28(23)16-17-7-4-3-5-8-17/h3-15,23,29H,2,16H2,1H3. The van der Waals surface area contributed by atoms with Crippen molar-refractivity contribution in [1.29, 1.82) is 0 Å². The predicted octanol–water partition coefficient (Wildman–Crippen LogP) is 5.36. The Bertz CT molecular complexity index is 1170. The summed E-state index contributed by atoms with van der Waals surface area (Å²) in [6, 6.07) is 22.4. The summed E-state index contributed by atoms with van der Waals surface area (Å²) in [7, 11) is 0.